The summed E-state index contributed by atoms with van der Waals surface area (Å²) in [6.07, 6.45) is 5.32. The monoisotopic (exact) mass is 335 g/mol. The molecule has 3 aromatic rings. The van der Waals surface area contributed by atoms with E-state index in [0.29, 0.717) is 0 Å². The highest BCUT2D eigenvalue weighted by Crippen LogP contribution is 2.34. The summed E-state index contributed by atoms with van der Waals surface area (Å²) >= 11 is 0. The fourth-order valence-electron chi connectivity index (χ4n) is 3.66. The van der Waals surface area contributed by atoms with Gasteiger partial charge in [-0.1, -0.05) is 30.3 Å². The van der Waals surface area contributed by atoms with Crippen LogP contribution in [-0.4, -0.2) is 35.1 Å². The van der Waals surface area contributed by atoms with Gasteiger partial charge >= 0.3 is 0 Å². The van der Waals surface area contributed by atoms with E-state index in [1.165, 1.54) is 22.2 Å². The van der Waals surface area contributed by atoms with Crippen LogP contribution in [0.2, 0.25) is 0 Å². The Morgan fingerprint density at radius 1 is 1.20 bits per heavy atom. The fraction of sp³-hybridized carbons (Fsp3) is 0.381. The average molecular weight is 335 g/mol. The van der Waals surface area contributed by atoms with Crippen LogP contribution in [0.25, 0.3) is 11.0 Å². The number of likely N-dealkylation sites (N-methyl/N-ethyl adjacent to an activating group) is 1. The molecule has 130 valence electrons. The maximum absolute atomic E-state index is 5.94. The predicted octanol–water partition coefficient (Wildman–Crippen LogP) is 4.09. The normalized spacial score (nSPS) is 17.6. The summed E-state index contributed by atoms with van der Waals surface area (Å²) in [5.74, 6) is 0. The number of aromatic amines is 1. The van der Waals surface area contributed by atoms with Crippen LogP contribution < -0.4 is 0 Å². The highest BCUT2D eigenvalue weighted by molar-refractivity contribution is 5.81. The molecule has 0 saturated carbocycles. The number of pyridine rings is 1. The van der Waals surface area contributed by atoms with Crippen molar-refractivity contribution in [3.05, 3.63) is 65.5 Å². The van der Waals surface area contributed by atoms with Gasteiger partial charge in [0.25, 0.3) is 0 Å². The summed E-state index contributed by atoms with van der Waals surface area (Å²) < 4.78 is 5.94. The number of rotatable bonds is 6. The van der Waals surface area contributed by atoms with E-state index in [1.807, 2.05) is 12.3 Å². The van der Waals surface area contributed by atoms with Crippen LogP contribution >= 0.6 is 0 Å². The molecule has 0 radical (unpaired) electrons. The third-order valence-electron chi connectivity index (χ3n) is 5.02. The molecule has 1 aromatic carbocycles. The third-order valence-corrected chi connectivity index (χ3v) is 5.02. The largest absolute Gasteiger partial charge is 0.372 e. The van der Waals surface area contributed by atoms with E-state index in [0.717, 1.165) is 44.6 Å². The van der Waals surface area contributed by atoms with Crippen molar-refractivity contribution < 1.29 is 4.74 Å². The van der Waals surface area contributed by atoms with E-state index < -0.39 is 0 Å². The maximum Gasteiger partial charge on any atom is 0.137 e. The van der Waals surface area contributed by atoms with Crippen molar-refractivity contribution >= 4 is 11.0 Å². The number of hydrogen-bond acceptors (Lipinski definition) is 3. The number of H-pyrrole nitrogens is 1. The van der Waals surface area contributed by atoms with Gasteiger partial charge in [-0.25, -0.2) is 4.98 Å². The molecule has 4 heteroatoms. The molecule has 25 heavy (non-hydrogen) atoms. The summed E-state index contributed by atoms with van der Waals surface area (Å²) in [5, 5.41) is 1.22. The van der Waals surface area contributed by atoms with Gasteiger partial charge in [0.15, 0.2) is 0 Å². The molecular formula is C21H25N3O. The Hall–Kier alpha value is -2.17. The molecule has 1 saturated heterocycles. The second-order valence-corrected chi connectivity index (χ2v) is 6.89. The van der Waals surface area contributed by atoms with Crippen molar-refractivity contribution in [3.8, 4) is 0 Å². The van der Waals surface area contributed by atoms with E-state index in [1.54, 1.807) is 0 Å². The highest BCUT2D eigenvalue weighted by Gasteiger charge is 2.24. The summed E-state index contributed by atoms with van der Waals surface area (Å²) in [6, 6.07) is 14.9. The second-order valence-electron chi connectivity index (χ2n) is 6.89. The van der Waals surface area contributed by atoms with E-state index in [9.17, 15) is 0 Å². The molecule has 4 nitrogen and oxygen atoms in total. The van der Waals surface area contributed by atoms with Crippen LogP contribution in [0, 0.1) is 0 Å². The zero-order valence-corrected chi connectivity index (χ0v) is 14.7. The van der Waals surface area contributed by atoms with Crippen molar-refractivity contribution in [2.45, 2.75) is 31.9 Å². The number of ether oxygens (including phenoxy) is 1. The first-order valence-electron chi connectivity index (χ1n) is 9.11. The quantitative estimate of drug-likeness (QED) is 0.738. The molecule has 2 aromatic heterocycles. The van der Waals surface area contributed by atoms with Crippen molar-refractivity contribution in [1.82, 2.24) is 14.9 Å². The van der Waals surface area contributed by atoms with E-state index in [-0.39, 0.29) is 6.10 Å². The van der Waals surface area contributed by atoms with Crippen molar-refractivity contribution in [2.75, 3.05) is 20.2 Å². The molecule has 0 amide bonds. The minimum absolute atomic E-state index is 0.187. The van der Waals surface area contributed by atoms with Crippen molar-refractivity contribution in [1.29, 1.82) is 0 Å². The standard InChI is InChI=1S/C21H25N3O/c1-24(13-11-16-7-3-2-4-8-16)15-18-17-9-5-12-22-21(17)23-20(18)19-10-6-14-25-19/h2-5,7-9,12,19H,6,10-11,13-15H2,1H3,(H,22,23)/t19-/m1/s1. The Bertz CT molecular complexity index is 822. The van der Waals surface area contributed by atoms with Crippen molar-refractivity contribution in [3.63, 3.8) is 0 Å². The topological polar surface area (TPSA) is 41.1 Å². The predicted molar refractivity (Wildman–Crippen MR) is 101 cm³/mol. The molecule has 3 heterocycles. The van der Waals surface area contributed by atoms with Crippen molar-refractivity contribution in [2.24, 2.45) is 0 Å². The number of nitrogens with zero attached hydrogens (tertiary/aromatic N) is 2. The van der Waals surface area contributed by atoms with Gasteiger partial charge in [-0.2, -0.15) is 0 Å². The number of fused-ring (bicyclic) bond motifs is 1. The Morgan fingerprint density at radius 3 is 2.88 bits per heavy atom. The molecule has 1 fully saturated rings. The van der Waals surface area contributed by atoms with Crippen LogP contribution in [0.4, 0.5) is 0 Å². The zero-order valence-electron chi connectivity index (χ0n) is 14.7. The number of aromatic nitrogens is 2. The molecule has 1 aliphatic heterocycles. The third kappa shape index (κ3) is 3.60. The van der Waals surface area contributed by atoms with Gasteiger partial charge in [0.2, 0.25) is 0 Å². The molecule has 0 spiro atoms. The SMILES string of the molecule is CN(CCc1ccccc1)Cc1c([C@H]2CCCO2)[nH]c2ncccc12. The van der Waals surface area contributed by atoms with Gasteiger partial charge in [-0.15, -0.1) is 0 Å². The van der Waals surface area contributed by atoms with Gasteiger partial charge in [-0.05, 0) is 49.6 Å². The molecular weight excluding hydrogens is 310 g/mol. The summed E-state index contributed by atoms with van der Waals surface area (Å²) in [7, 11) is 2.19. The van der Waals surface area contributed by atoms with Gasteiger partial charge in [0.1, 0.15) is 5.65 Å². The number of benzene rings is 1. The molecule has 4 rings (SSSR count). The van der Waals surface area contributed by atoms with E-state index in [2.05, 4.69) is 58.3 Å². The minimum atomic E-state index is 0.187. The van der Waals surface area contributed by atoms with Crippen LogP contribution in [0.3, 0.4) is 0 Å². The van der Waals surface area contributed by atoms with Crippen LogP contribution in [0.15, 0.2) is 48.7 Å². The van der Waals surface area contributed by atoms with Crippen LogP contribution in [0.1, 0.15) is 35.8 Å². The Morgan fingerprint density at radius 2 is 2.08 bits per heavy atom. The maximum atomic E-state index is 5.94. The van der Waals surface area contributed by atoms with Gasteiger partial charge in [-0.3, -0.25) is 0 Å². The molecule has 0 unspecified atom stereocenters. The van der Waals surface area contributed by atoms with Gasteiger partial charge < -0.3 is 14.6 Å². The Labute approximate surface area is 148 Å². The Kier molecular flexibility index (Phi) is 4.81. The molecule has 0 aliphatic carbocycles. The first kappa shape index (κ1) is 16.3. The average Bonchev–Trinajstić information content (AvgIpc) is 3.29. The lowest BCUT2D eigenvalue weighted by Gasteiger charge is -2.19. The van der Waals surface area contributed by atoms with E-state index in [4.69, 9.17) is 4.74 Å². The lowest BCUT2D eigenvalue weighted by atomic mass is 10.1. The first-order valence-corrected chi connectivity index (χ1v) is 9.11. The Balaban J connectivity index is 1.54. The minimum Gasteiger partial charge on any atom is -0.372 e. The second kappa shape index (κ2) is 7.38. The lowest BCUT2D eigenvalue weighted by Crippen LogP contribution is -2.21. The highest BCUT2D eigenvalue weighted by atomic mass is 16.5. The smallest absolute Gasteiger partial charge is 0.137 e. The molecule has 0 bridgehead atoms. The van der Waals surface area contributed by atoms with Gasteiger partial charge in [0.05, 0.1) is 11.8 Å². The summed E-state index contributed by atoms with van der Waals surface area (Å²) in [6.45, 7) is 2.80. The molecule has 1 aliphatic rings. The van der Waals surface area contributed by atoms with Crippen LogP contribution in [0.5, 0.6) is 0 Å². The zero-order chi connectivity index (χ0) is 17.1. The van der Waals surface area contributed by atoms with E-state index >= 15 is 0 Å². The van der Waals surface area contributed by atoms with Gasteiger partial charge in [0, 0.05) is 31.3 Å². The first-order chi connectivity index (χ1) is 12.3. The molecule has 1 N–H and O–H groups in total. The van der Waals surface area contributed by atoms with Crippen LogP contribution in [-0.2, 0) is 17.7 Å². The number of nitrogens with one attached hydrogen (secondary N) is 1. The summed E-state index contributed by atoms with van der Waals surface area (Å²) in [5.41, 5.74) is 4.91. The summed E-state index contributed by atoms with van der Waals surface area (Å²) in [4.78, 5) is 10.4. The molecule has 1 atom stereocenters. The lowest BCUT2D eigenvalue weighted by molar-refractivity contribution is 0.108. The fourth-order valence-corrected chi connectivity index (χ4v) is 3.66. The number of hydrogen-bond donors (Lipinski definition) is 1.